The molecule has 1 amide bonds. The molecule has 0 bridgehead atoms. The number of hydrogen-bond donors (Lipinski definition) is 2. The minimum absolute atomic E-state index is 0.0366. The van der Waals surface area contributed by atoms with E-state index in [-0.39, 0.29) is 27.9 Å². The molecule has 4 rings (SSSR count). The summed E-state index contributed by atoms with van der Waals surface area (Å²) in [4.78, 5) is 36.2. The number of aromatic nitrogens is 2. The van der Waals surface area contributed by atoms with Crippen LogP contribution in [0.2, 0.25) is 5.02 Å². The second-order valence-electron chi connectivity index (χ2n) is 9.16. The van der Waals surface area contributed by atoms with Crippen molar-refractivity contribution < 1.29 is 18.4 Å². The van der Waals surface area contributed by atoms with Crippen LogP contribution < -0.4 is 15.5 Å². The maximum absolute atomic E-state index is 15.0. The lowest BCUT2D eigenvalue weighted by atomic mass is 10.0. The van der Waals surface area contributed by atoms with Crippen molar-refractivity contribution in [3.05, 3.63) is 70.5 Å². The van der Waals surface area contributed by atoms with E-state index in [4.69, 9.17) is 11.6 Å². The van der Waals surface area contributed by atoms with E-state index in [0.717, 1.165) is 12.4 Å². The number of aldehydes is 1. The SMILES string of the molecule is CC(C)(C=O)N1CCN(c2ccc(Nc3ncc(Cl)c(C(=O)Nc4c(F)cccc4C#N)n3)cc2F)CC1. The molecule has 1 saturated heterocycles. The largest absolute Gasteiger partial charge is 0.367 e. The summed E-state index contributed by atoms with van der Waals surface area (Å²) in [6.45, 7) is 6.08. The van der Waals surface area contributed by atoms with Crippen molar-refractivity contribution in [3.63, 3.8) is 0 Å². The van der Waals surface area contributed by atoms with Gasteiger partial charge in [0, 0.05) is 31.9 Å². The Bertz CT molecular complexity index is 1420. The van der Waals surface area contributed by atoms with Gasteiger partial charge in [-0.2, -0.15) is 5.26 Å². The second kappa shape index (κ2) is 11.1. The number of benzene rings is 2. The molecule has 0 atom stereocenters. The number of para-hydroxylation sites is 1. The molecule has 0 unspecified atom stereocenters. The third-order valence-corrected chi connectivity index (χ3v) is 6.54. The summed E-state index contributed by atoms with van der Waals surface area (Å²) in [6.07, 6.45) is 2.10. The van der Waals surface area contributed by atoms with Crippen molar-refractivity contribution in [2.75, 3.05) is 41.7 Å². The summed E-state index contributed by atoms with van der Waals surface area (Å²) in [6, 6.07) is 10.2. The van der Waals surface area contributed by atoms with Crippen LogP contribution in [0.1, 0.15) is 29.9 Å². The highest BCUT2D eigenvalue weighted by atomic mass is 35.5. The summed E-state index contributed by atoms with van der Waals surface area (Å²) in [5, 5.41) is 14.3. The van der Waals surface area contributed by atoms with E-state index in [1.54, 1.807) is 12.1 Å². The van der Waals surface area contributed by atoms with Crippen molar-refractivity contribution in [1.82, 2.24) is 14.9 Å². The van der Waals surface area contributed by atoms with Gasteiger partial charge in [-0.3, -0.25) is 9.69 Å². The average molecular weight is 540 g/mol. The zero-order valence-electron chi connectivity index (χ0n) is 20.6. The number of rotatable bonds is 7. The highest BCUT2D eigenvalue weighted by Gasteiger charge is 2.30. The first-order valence-electron chi connectivity index (χ1n) is 11.7. The van der Waals surface area contributed by atoms with Gasteiger partial charge in [0.15, 0.2) is 5.69 Å². The van der Waals surface area contributed by atoms with Crippen molar-refractivity contribution in [1.29, 1.82) is 5.26 Å². The fraction of sp³-hybridized carbons (Fsp3) is 0.269. The normalized spacial score (nSPS) is 14.1. The van der Waals surface area contributed by atoms with E-state index >= 15 is 4.39 Å². The molecule has 1 fully saturated rings. The standard InChI is InChI=1S/C26H24ClF2N7O2/c1-26(2,15-37)36-10-8-35(9-11-36)21-7-6-17(12-20(21)29)32-25-31-14-18(27)23(34-25)24(38)33-22-16(13-30)4-3-5-19(22)28/h3-7,12,14-15H,8-11H2,1-2H3,(H,33,38)(H,31,32,34). The number of nitrogens with one attached hydrogen (secondary N) is 2. The second-order valence-corrected chi connectivity index (χ2v) is 9.56. The van der Waals surface area contributed by atoms with Gasteiger partial charge in [-0.15, -0.1) is 0 Å². The van der Waals surface area contributed by atoms with Gasteiger partial charge >= 0.3 is 0 Å². The Balaban J connectivity index is 1.47. The van der Waals surface area contributed by atoms with Crippen molar-refractivity contribution >= 4 is 46.8 Å². The molecule has 38 heavy (non-hydrogen) atoms. The Morgan fingerprint density at radius 2 is 1.89 bits per heavy atom. The van der Waals surface area contributed by atoms with Crippen molar-refractivity contribution in [3.8, 4) is 6.07 Å². The number of hydrogen-bond acceptors (Lipinski definition) is 8. The average Bonchev–Trinajstić information content (AvgIpc) is 2.91. The molecular formula is C26H24ClF2N7O2. The minimum Gasteiger partial charge on any atom is -0.367 e. The number of carbonyl (C=O) groups excluding carboxylic acids is 2. The number of halogens is 3. The highest BCUT2D eigenvalue weighted by molar-refractivity contribution is 6.34. The van der Waals surface area contributed by atoms with E-state index in [9.17, 15) is 19.2 Å². The predicted octanol–water partition coefficient (Wildman–Crippen LogP) is 4.38. The molecule has 3 aromatic rings. The molecule has 0 saturated carbocycles. The maximum atomic E-state index is 15.0. The fourth-order valence-corrected chi connectivity index (χ4v) is 4.25. The Morgan fingerprint density at radius 1 is 1.16 bits per heavy atom. The summed E-state index contributed by atoms with van der Waals surface area (Å²) < 4.78 is 29.2. The van der Waals surface area contributed by atoms with Crippen LogP contribution in [0.25, 0.3) is 0 Å². The zero-order valence-corrected chi connectivity index (χ0v) is 21.4. The molecule has 0 aliphatic carbocycles. The first-order chi connectivity index (χ1) is 18.1. The molecule has 1 aliphatic rings. The van der Waals surface area contributed by atoms with Crippen molar-refractivity contribution in [2.24, 2.45) is 0 Å². The smallest absolute Gasteiger partial charge is 0.276 e. The summed E-state index contributed by atoms with van der Waals surface area (Å²) in [5.74, 6) is -2.13. The van der Waals surface area contributed by atoms with Crippen LogP contribution in [0.15, 0.2) is 42.6 Å². The number of amides is 1. The number of piperazine rings is 1. The summed E-state index contributed by atoms with van der Waals surface area (Å²) in [5.41, 5.74) is -0.427. The maximum Gasteiger partial charge on any atom is 0.276 e. The van der Waals surface area contributed by atoms with E-state index in [1.165, 1.54) is 24.4 Å². The minimum atomic E-state index is -0.847. The molecule has 1 aromatic heterocycles. The zero-order chi connectivity index (χ0) is 27.4. The Morgan fingerprint density at radius 3 is 2.55 bits per heavy atom. The molecule has 9 nitrogen and oxygen atoms in total. The number of nitriles is 1. The predicted molar refractivity (Wildman–Crippen MR) is 140 cm³/mol. The highest BCUT2D eigenvalue weighted by Crippen LogP contribution is 2.27. The van der Waals surface area contributed by atoms with Crippen LogP contribution in [0.3, 0.4) is 0 Å². The molecule has 2 aromatic carbocycles. The molecule has 0 radical (unpaired) electrons. The molecule has 196 valence electrons. The van der Waals surface area contributed by atoms with Gasteiger partial charge in [0.05, 0.1) is 33.7 Å². The van der Waals surface area contributed by atoms with Gasteiger partial charge in [-0.25, -0.2) is 18.7 Å². The first-order valence-corrected chi connectivity index (χ1v) is 12.1. The quantitative estimate of drug-likeness (QED) is 0.425. The molecule has 2 heterocycles. The van der Waals surface area contributed by atoms with E-state index < -0.39 is 23.1 Å². The molecule has 1 aliphatic heterocycles. The van der Waals surface area contributed by atoms with Crippen LogP contribution >= 0.6 is 11.6 Å². The van der Waals surface area contributed by atoms with E-state index in [1.807, 2.05) is 24.8 Å². The third kappa shape index (κ3) is 5.72. The van der Waals surface area contributed by atoms with Crippen LogP contribution in [-0.2, 0) is 4.79 Å². The molecular weight excluding hydrogens is 516 g/mol. The lowest BCUT2D eigenvalue weighted by Gasteiger charge is -2.42. The summed E-state index contributed by atoms with van der Waals surface area (Å²) in [7, 11) is 0. The molecule has 12 heteroatoms. The fourth-order valence-electron chi connectivity index (χ4n) is 4.07. The summed E-state index contributed by atoms with van der Waals surface area (Å²) >= 11 is 6.09. The van der Waals surface area contributed by atoms with Crippen LogP contribution in [0.5, 0.6) is 0 Å². The van der Waals surface area contributed by atoms with Gasteiger partial charge in [-0.05, 0) is 44.2 Å². The van der Waals surface area contributed by atoms with Gasteiger partial charge in [0.2, 0.25) is 5.95 Å². The van der Waals surface area contributed by atoms with Gasteiger partial charge in [-0.1, -0.05) is 17.7 Å². The van der Waals surface area contributed by atoms with Gasteiger partial charge in [0.1, 0.15) is 24.0 Å². The first kappa shape index (κ1) is 26.9. The van der Waals surface area contributed by atoms with Crippen LogP contribution in [0.4, 0.5) is 31.8 Å². The Hall–Kier alpha value is -4.14. The van der Waals surface area contributed by atoms with E-state index in [2.05, 4.69) is 25.5 Å². The number of anilines is 4. The topological polar surface area (TPSA) is 114 Å². The third-order valence-electron chi connectivity index (χ3n) is 6.26. The lowest BCUT2D eigenvalue weighted by molar-refractivity contribution is -0.117. The van der Waals surface area contributed by atoms with Gasteiger partial charge < -0.3 is 20.3 Å². The van der Waals surface area contributed by atoms with Crippen LogP contribution in [0, 0.1) is 23.0 Å². The monoisotopic (exact) mass is 539 g/mol. The molecule has 2 N–H and O–H groups in total. The number of carbonyl (C=O) groups is 2. The Labute approximate surface area is 223 Å². The lowest BCUT2D eigenvalue weighted by Crippen LogP contribution is -2.55. The Kier molecular flexibility index (Phi) is 7.85. The number of nitrogens with zero attached hydrogens (tertiary/aromatic N) is 5. The van der Waals surface area contributed by atoms with E-state index in [0.29, 0.717) is 37.6 Å². The van der Waals surface area contributed by atoms with Gasteiger partial charge in [0.25, 0.3) is 5.91 Å². The van der Waals surface area contributed by atoms with Crippen LogP contribution in [-0.4, -0.2) is 58.8 Å². The molecule has 0 spiro atoms. The van der Waals surface area contributed by atoms with Crippen molar-refractivity contribution in [2.45, 2.75) is 19.4 Å².